The van der Waals surface area contributed by atoms with E-state index in [1.54, 1.807) is 0 Å². The number of hydrogen-bond donors (Lipinski definition) is 1. The van der Waals surface area contributed by atoms with Crippen LogP contribution < -0.4 is 5.32 Å². The van der Waals surface area contributed by atoms with E-state index in [1.165, 1.54) is 16.7 Å². The lowest BCUT2D eigenvalue weighted by molar-refractivity contribution is 0.676. The van der Waals surface area contributed by atoms with E-state index in [2.05, 4.69) is 49.5 Å². The molecule has 1 aromatic carbocycles. The van der Waals surface area contributed by atoms with Crippen LogP contribution in [0.1, 0.15) is 44.4 Å². The third-order valence-corrected chi connectivity index (χ3v) is 3.74. The van der Waals surface area contributed by atoms with Gasteiger partial charge in [-0.3, -0.25) is 4.68 Å². The minimum atomic E-state index is 0.397. The van der Waals surface area contributed by atoms with Gasteiger partial charge < -0.3 is 5.32 Å². The molecule has 0 saturated carbocycles. The number of aryl methyl sites for hydroxylation is 1. The lowest BCUT2D eigenvalue weighted by Gasteiger charge is -2.12. The zero-order valence-electron chi connectivity index (χ0n) is 13.3. The number of aromatic nitrogens is 2. The number of benzene rings is 1. The van der Waals surface area contributed by atoms with Crippen molar-refractivity contribution in [3.63, 3.8) is 0 Å². The van der Waals surface area contributed by atoms with E-state index in [-0.39, 0.29) is 0 Å². The van der Waals surface area contributed by atoms with Crippen molar-refractivity contribution in [2.75, 3.05) is 6.54 Å². The molecule has 0 atom stereocenters. The summed E-state index contributed by atoms with van der Waals surface area (Å²) >= 11 is 6.18. The van der Waals surface area contributed by atoms with Crippen LogP contribution in [0.2, 0.25) is 5.02 Å². The molecule has 1 aromatic heterocycles. The molecule has 0 bridgehead atoms. The molecular formula is C17H24ClN3. The smallest absolute Gasteiger partial charge is 0.0728 e. The highest BCUT2D eigenvalue weighted by Gasteiger charge is 2.16. The fraction of sp³-hybridized carbons (Fsp3) is 0.471. The monoisotopic (exact) mass is 305 g/mol. The second kappa shape index (κ2) is 7.10. The van der Waals surface area contributed by atoms with Crippen LogP contribution in [0.4, 0.5) is 0 Å². The quantitative estimate of drug-likeness (QED) is 0.803. The molecule has 2 aromatic rings. The lowest BCUT2D eigenvalue weighted by atomic mass is 9.96. The van der Waals surface area contributed by atoms with E-state index in [9.17, 15) is 0 Å². The molecular weight excluding hydrogens is 282 g/mol. The van der Waals surface area contributed by atoms with Crippen molar-refractivity contribution in [1.29, 1.82) is 0 Å². The van der Waals surface area contributed by atoms with Gasteiger partial charge >= 0.3 is 0 Å². The van der Waals surface area contributed by atoms with Crippen LogP contribution in [0.5, 0.6) is 0 Å². The predicted molar refractivity (Wildman–Crippen MR) is 89.7 cm³/mol. The van der Waals surface area contributed by atoms with Crippen LogP contribution >= 0.6 is 11.6 Å². The van der Waals surface area contributed by atoms with Crippen LogP contribution in [0.3, 0.4) is 0 Å². The van der Waals surface area contributed by atoms with Gasteiger partial charge in [0.1, 0.15) is 0 Å². The average Bonchev–Trinajstić information content (AvgIpc) is 2.81. The molecule has 0 radical (unpaired) electrons. The molecule has 0 fully saturated rings. The summed E-state index contributed by atoms with van der Waals surface area (Å²) < 4.78 is 1.89. The van der Waals surface area contributed by atoms with Crippen molar-refractivity contribution >= 4 is 11.6 Å². The fourth-order valence-electron chi connectivity index (χ4n) is 2.51. The molecule has 0 aliphatic rings. The second-order valence-corrected chi connectivity index (χ2v) is 6.17. The first-order valence-corrected chi connectivity index (χ1v) is 7.93. The zero-order valence-corrected chi connectivity index (χ0v) is 14.0. The highest BCUT2D eigenvalue weighted by Crippen LogP contribution is 2.32. The van der Waals surface area contributed by atoms with Gasteiger partial charge in [0.2, 0.25) is 0 Å². The summed E-state index contributed by atoms with van der Waals surface area (Å²) in [4.78, 5) is 0. The Morgan fingerprint density at radius 2 is 2.05 bits per heavy atom. The van der Waals surface area contributed by atoms with Gasteiger partial charge in [0.05, 0.1) is 5.69 Å². The molecule has 0 aliphatic carbocycles. The molecule has 0 aliphatic heterocycles. The Hall–Kier alpha value is -1.32. The van der Waals surface area contributed by atoms with E-state index in [0.29, 0.717) is 5.92 Å². The van der Waals surface area contributed by atoms with Crippen molar-refractivity contribution in [1.82, 2.24) is 15.1 Å². The Kier molecular flexibility index (Phi) is 5.43. The van der Waals surface area contributed by atoms with Crippen molar-refractivity contribution in [2.45, 2.75) is 39.7 Å². The van der Waals surface area contributed by atoms with Crippen LogP contribution in [0.15, 0.2) is 24.4 Å². The molecule has 0 unspecified atom stereocenters. The van der Waals surface area contributed by atoms with Crippen molar-refractivity contribution in [2.24, 2.45) is 7.05 Å². The normalized spacial score (nSPS) is 11.3. The molecule has 0 amide bonds. The fourth-order valence-corrected chi connectivity index (χ4v) is 2.71. The van der Waals surface area contributed by atoms with Gasteiger partial charge in [-0.05, 0) is 42.1 Å². The van der Waals surface area contributed by atoms with E-state index in [1.807, 2.05) is 17.8 Å². The first-order chi connectivity index (χ1) is 10.0. The SMILES string of the molecule is CCCNCc1cc(Cl)ccc1-c1cn(C)nc1C(C)C. The maximum Gasteiger partial charge on any atom is 0.0728 e. The summed E-state index contributed by atoms with van der Waals surface area (Å²) in [5, 5.41) is 8.85. The topological polar surface area (TPSA) is 29.9 Å². The number of rotatable bonds is 6. The van der Waals surface area contributed by atoms with E-state index < -0.39 is 0 Å². The molecule has 1 heterocycles. The average molecular weight is 306 g/mol. The first kappa shape index (κ1) is 16.1. The summed E-state index contributed by atoms with van der Waals surface area (Å²) in [6, 6.07) is 6.11. The largest absolute Gasteiger partial charge is 0.313 e. The second-order valence-electron chi connectivity index (χ2n) is 5.73. The van der Waals surface area contributed by atoms with Crippen molar-refractivity contribution in [3.8, 4) is 11.1 Å². The Morgan fingerprint density at radius 1 is 1.29 bits per heavy atom. The maximum atomic E-state index is 6.18. The standard InChI is InChI=1S/C17H24ClN3/c1-5-8-19-10-13-9-14(18)6-7-15(13)16-11-21(4)20-17(16)12(2)3/h6-7,9,11-12,19H,5,8,10H2,1-4H3. The lowest BCUT2D eigenvalue weighted by Crippen LogP contribution is -2.14. The minimum absolute atomic E-state index is 0.397. The first-order valence-electron chi connectivity index (χ1n) is 7.56. The third kappa shape index (κ3) is 3.86. The maximum absolute atomic E-state index is 6.18. The highest BCUT2D eigenvalue weighted by molar-refractivity contribution is 6.30. The molecule has 4 heteroatoms. The number of nitrogens with zero attached hydrogens (tertiary/aromatic N) is 2. The summed E-state index contributed by atoms with van der Waals surface area (Å²) in [7, 11) is 1.97. The van der Waals surface area contributed by atoms with E-state index in [4.69, 9.17) is 11.6 Å². The van der Waals surface area contributed by atoms with Gasteiger partial charge in [-0.15, -0.1) is 0 Å². The molecule has 3 nitrogen and oxygen atoms in total. The van der Waals surface area contributed by atoms with Crippen molar-refractivity contribution < 1.29 is 0 Å². The molecule has 2 rings (SSSR count). The molecule has 0 spiro atoms. The predicted octanol–water partition coefficient (Wildman–Crippen LogP) is 4.36. The van der Waals surface area contributed by atoms with Gasteiger partial charge in [-0.2, -0.15) is 5.10 Å². The van der Waals surface area contributed by atoms with Crippen molar-refractivity contribution in [3.05, 3.63) is 40.7 Å². The number of hydrogen-bond acceptors (Lipinski definition) is 2. The summed E-state index contributed by atoms with van der Waals surface area (Å²) in [6.07, 6.45) is 3.22. The van der Waals surface area contributed by atoms with Gasteiger partial charge in [-0.25, -0.2) is 0 Å². The van der Waals surface area contributed by atoms with Gasteiger partial charge in [-0.1, -0.05) is 38.4 Å². The third-order valence-electron chi connectivity index (χ3n) is 3.50. The van der Waals surface area contributed by atoms with E-state index in [0.717, 1.165) is 30.2 Å². The Bertz CT molecular complexity index is 602. The van der Waals surface area contributed by atoms with Crippen LogP contribution in [-0.4, -0.2) is 16.3 Å². The van der Waals surface area contributed by atoms with Gasteiger partial charge in [0.25, 0.3) is 0 Å². The highest BCUT2D eigenvalue weighted by atomic mass is 35.5. The molecule has 114 valence electrons. The van der Waals surface area contributed by atoms with Crippen LogP contribution in [0, 0.1) is 0 Å². The van der Waals surface area contributed by atoms with Gasteiger partial charge in [0.15, 0.2) is 0 Å². The zero-order chi connectivity index (χ0) is 15.4. The number of nitrogens with one attached hydrogen (secondary N) is 1. The molecule has 1 N–H and O–H groups in total. The van der Waals surface area contributed by atoms with Crippen LogP contribution in [0.25, 0.3) is 11.1 Å². The Balaban J connectivity index is 2.43. The number of halogens is 1. The summed E-state index contributed by atoms with van der Waals surface area (Å²) in [6.45, 7) is 8.36. The van der Waals surface area contributed by atoms with Gasteiger partial charge in [0, 0.05) is 30.4 Å². The van der Waals surface area contributed by atoms with E-state index >= 15 is 0 Å². The minimum Gasteiger partial charge on any atom is -0.313 e. The summed E-state index contributed by atoms with van der Waals surface area (Å²) in [5.74, 6) is 0.397. The molecule has 21 heavy (non-hydrogen) atoms. The Labute approximate surface area is 132 Å². The van der Waals surface area contributed by atoms with Crippen LogP contribution in [-0.2, 0) is 13.6 Å². The Morgan fingerprint density at radius 3 is 2.71 bits per heavy atom. The molecule has 0 saturated heterocycles. The summed E-state index contributed by atoms with van der Waals surface area (Å²) in [5.41, 5.74) is 4.79.